The maximum atomic E-state index is 8.93. The third-order valence-electron chi connectivity index (χ3n) is 4.66. The lowest BCUT2D eigenvalue weighted by atomic mass is 9.78. The number of ether oxygens (including phenoxy) is 1. The summed E-state index contributed by atoms with van der Waals surface area (Å²) in [6.07, 6.45) is 10.3. The van der Waals surface area contributed by atoms with Crippen LogP contribution in [0.15, 0.2) is 73.1 Å². The Labute approximate surface area is 166 Å². The van der Waals surface area contributed by atoms with Crippen LogP contribution in [-0.2, 0) is 4.74 Å². The van der Waals surface area contributed by atoms with E-state index in [-0.39, 0.29) is 5.41 Å². The van der Waals surface area contributed by atoms with Gasteiger partial charge in [-0.1, -0.05) is 65.3 Å². The second-order valence-corrected chi connectivity index (χ2v) is 6.97. The number of hydrogen-bond donors (Lipinski definition) is 0. The van der Waals surface area contributed by atoms with Crippen LogP contribution in [0.5, 0.6) is 0 Å². The van der Waals surface area contributed by atoms with Gasteiger partial charge in [0, 0.05) is 13.0 Å². The van der Waals surface area contributed by atoms with Gasteiger partial charge in [0.15, 0.2) is 0 Å². The third-order valence-corrected chi connectivity index (χ3v) is 4.66. The molecule has 0 atom stereocenters. The largest absolute Gasteiger partial charge is 0.497 e. The Bertz CT molecular complexity index is 623. The maximum Gasteiger partial charge on any atom is 0.111 e. The van der Waals surface area contributed by atoms with Gasteiger partial charge in [0.25, 0.3) is 0 Å². The minimum atomic E-state index is 0.174. The molecule has 0 spiro atoms. The fourth-order valence-corrected chi connectivity index (χ4v) is 2.65. The molecule has 0 radical (unpaired) electrons. The van der Waals surface area contributed by atoms with Crippen LogP contribution in [0, 0.1) is 16.7 Å². The molecule has 3 nitrogen and oxygen atoms in total. The Hall–Kier alpha value is -2.31. The average Bonchev–Trinajstić information content (AvgIpc) is 2.67. The molecular weight excluding hydrogens is 332 g/mol. The first kappa shape index (κ1) is 24.7. The monoisotopic (exact) mass is 368 g/mol. The van der Waals surface area contributed by atoms with Crippen LogP contribution < -0.4 is 0 Å². The highest BCUT2D eigenvalue weighted by Crippen LogP contribution is 2.34. The molecule has 0 amide bonds. The van der Waals surface area contributed by atoms with Gasteiger partial charge >= 0.3 is 0 Å². The summed E-state index contributed by atoms with van der Waals surface area (Å²) in [6, 6.07) is 2.31. The van der Waals surface area contributed by atoms with Gasteiger partial charge in [-0.25, -0.2) is 0 Å². The van der Waals surface area contributed by atoms with Gasteiger partial charge < -0.3 is 4.74 Å². The Morgan fingerprint density at radius 3 is 2.04 bits per heavy atom. The van der Waals surface area contributed by atoms with Crippen molar-refractivity contribution in [3.05, 3.63) is 73.1 Å². The molecule has 1 saturated heterocycles. The van der Waals surface area contributed by atoms with Crippen molar-refractivity contribution in [2.45, 2.75) is 40.0 Å². The van der Waals surface area contributed by atoms with E-state index in [1.54, 1.807) is 13.2 Å². The molecule has 148 valence electrons. The zero-order valence-corrected chi connectivity index (χ0v) is 17.7. The van der Waals surface area contributed by atoms with E-state index >= 15 is 0 Å². The molecule has 0 saturated carbocycles. The third kappa shape index (κ3) is 9.82. The van der Waals surface area contributed by atoms with Crippen LogP contribution in [0.4, 0.5) is 0 Å². The number of methoxy groups -OCH3 is 1. The van der Waals surface area contributed by atoms with Crippen LogP contribution in [0.25, 0.3) is 0 Å². The van der Waals surface area contributed by atoms with Gasteiger partial charge in [-0.2, -0.15) is 5.26 Å². The Kier molecular flexibility index (Phi) is 11.8. The summed E-state index contributed by atoms with van der Waals surface area (Å²) < 4.78 is 4.99. The molecule has 3 heteroatoms. The number of hydrogen-bond acceptors (Lipinski definition) is 3. The minimum Gasteiger partial charge on any atom is -0.497 e. The Morgan fingerprint density at radius 2 is 1.56 bits per heavy atom. The van der Waals surface area contributed by atoms with Crippen molar-refractivity contribution in [3.8, 4) is 6.07 Å². The van der Waals surface area contributed by atoms with E-state index in [1.807, 2.05) is 32.1 Å². The van der Waals surface area contributed by atoms with Crippen LogP contribution in [0.1, 0.15) is 40.0 Å². The summed E-state index contributed by atoms with van der Waals surface area (Å²) in [6.45, 7) is 25.0. The lowest BCUT2D eigenvalue weighted by Crippen LogP contribution is -2.39. The fourth-order valence-electron chi connectivity index (χ4n) is 2.65. The molecule has 1 fully saturated rings. The van der Waals surface area contributed by atoms with E-state index in [2.05, 4.69) is 44.2 Å². The zero-order chi connectivity index (χ0) is 20.9. The number of nitriles is 1. The summed E-state index contributed by atoms with van der Waals surface area (Å²) in [4.78, 5) is 2.39. The smallest absolute Gasteiger partial charge is 0.111 e. The number of allylic oxidation sites excluding steroid dienone is 5. The van der Waals surface area contributed by atoms with E-state index in [1.165, 1.54) is 0 Å². The fraction of sp³-hybridized carbons (Fsp3) is 0.458. The molecule has 0 aromatic carbocycles. The SMILES string of the molecule is C=C(/C=C\C(=C)C(=C)/C=C\C(=C)OC)CN1CCC(C)(CC#N)CC1.CC. The van der Waals surface area contributed by atoms with Crippen molar-refractivity contribution in [2.24, 2.45) is 5.41 Å². The van der Waals surface area contributed by atoms with E-state index in [0.29, 0.717) is 12.2 Å². The highest BCUT2D eigenvalue weighted by atomic mass is 16.5. The van der Waals surface area contributed by atoms with Crippen molar-refractivity contribution < 1.29 is 4.74 Å². The van der Waals surface area contributed by atoms with Gasteiger partial charge in [-0.3, -0.25) is 4.90 Å². The number of rotatable bonds is 9. The molecular formula is C24H36N2O. The summed E-state index contributed by atoms with van der Waals surface area (Å²) in [5.41, 5.74) is 2.87. The molecule has 0 aliphatic carbocycles. The maximum absolute atomic E-state index is 8.93. The highest BCUT2D eigenvalue weighted by Gasteiger charge is 2.29. The second kappa shape index (κ2) is 12.9. The first-order valence-corrected chi connectivity index (χ1v) is 9.54. The summed E-state index contributed by atoms with van der Waals surface area (Å²) in [7, 11) is 1.58. The average molecular weight is 369 g/mol. The predicted molar refractivity (Wildman–Crippen MR) is 117 cm³/mol. The lowest BCUT2D eigenvalue weighted by Gasteiger charge is -2.38. The van der Waals surface area contributed by atoms with Gasteiger partial charge in [0.05, 0.1) is 13.2 Å². The van der Waals surface area contributed by atoms with Crippen molar-refractivity contribution in [3.63, 3.8) is 0 Å². The quantitative estimate of drug-likeness (QED) is 0.371. The van der Waals surface area contributed by atoms with Crippen molar-refractivity contribution >= 4 is 0 Å². The summed E-state index contributed by atoms with van der Waals surface area (Å²) in [5, 5.41) is 8.93. The van der Waals surface area contributed by atoms with Gasteiger partial charge in [0.1, 0.15) is 5.76 Å². The van der Waals surface area contributed by atoms with E-state index in [4.69, 9.17) is 10.00 Å². The molecule has 1 rings (SSSR count). The lowest BCUT2D eigenvalue weighted by molar-refractivity contribution is 0.130. The zero-order valence-electron chi connectivity index (χ0n) is 17.7. The van der Waals surface area contributed by atoms with E-state index < -0.39 is 0 Å². The number of piperidine rings is 1. The summed E-state index contributed by atoms with van der Waals surface area (Å²) in [5.74, 6) is 0.579. The van der Waals surface area contributed by atoms with Crippen LogP contribution in [0.2, 0.25) is 0 Å². The molecule has 27 heavy (non-hydrogen) atoms. The van der Waals surface area contributed by atoms with Crippen LogP contribution >= 0.6 is 0 Å². The Balaban J connectivity index is 0.00000326. The topological polar surface area (TPSA) is 36.3 Å². The van der Waals surface area contributed by atoms with Gasteiger partial charge in [0.2, 0.25) is 0 Å². The first-order chi connectivity index (χ1) is 12.8. The highest BCUT2D eigenvalue weighted by molar-refractivity contribution is 5.45. The first-order valence-electron chi connectivity index (χ1n) is 9.54. The standard InChI is InChI=1S/C22H30N2O.C2H6/c1-18(7-8-19(2)20(3)9-10-21(4)25-6)17-24-15-12-22(5,11-14-23)13-16-24;1-2/h7-10H,1-4,11-13,15-17H2,5-6H3;1-2H3/b8-7-,10-9-;. The van der Waals surface area contributed by atoms with E-state index in [0.717, 1.165) is 49.2 Å². The summed E-state index contributed by atoms with van der Waals surface area (Å²) >= 11 is 0. The van der Waals surface area contributed by atoms with Gasteiger partial charge in [-0.05, 0) is 54.1 Å². The molecule has 1 aliphatic heterocycles. The normalized spacial score (nSPS) is 16.3. The van der Waals surface area contributed by atoms with Crippen LogP contribution in [-0.4, -0.2) is 31.6 Å². The van der Waals surface area contributed by atoms with Crippen molar-refractivity contribution in [1.29, 1.82) is 5.26 Å². The predicted octanol–water partition coefficient (Wildman–Crippen LogP) is 5.97. The van der Waals surface area contributed by atoms with Gasteiger partial charge in [-0.15, -0.1) is 0 Å². The molecule has 0 aromatic heterocycles. The molecule has 0 aromatic rings. The minimum absolute atomic E-state index is 0.174. The number of likely N-dealkylation sites (tertiary alicyclic amines) is 1. The van der Waals surface area contributed by atoms with Crippen molar-refractivity contribution in [2.75, 3.05) is 26.7 Å². The molecule has 1 aliphatic rings. The van der Waals surface area contributed by atoms with Crippen molar-refractivity contribution in [1.82, 2.24) is 4.90 Å². The van der Waals surface area contributed by atoms with Crippen LogP contribution in [0.3, 0.4) is 0 Å². The van der Waals surface area contributed by atoms with E-state index in [9.17, 15) is 0 Å². The Morgan fingerprint density at radius 1 is 1.04 bits per heavy atom. The number of nitrogens with zero attached hydrogens (tertiary/aromatic N) is 2. The second-order valence-electron chi connectivity index (χ2n) is 6.97. The molecule has 0 bridgehead atoms. The molecule has 1 heterocycles. The molecule has 0 unspecified atom stereocenters. The molecule has 0 N–H and O–H groups in total.